The summed E-state index contributed by atoms with van der Waals surface area (Å²) >= 11 is 6.27. The second-order valence-corrected chi connectivity index (χ2v) is 7.74. The lowest BCUT2D eigenvalue weighted by Gasteiger charge is -2.12. The molecule has 0 aliphatic heterocycles. The zero-order valence-corrected chi connectivity index (χ0v) is 16.5. The number of anilines is 1. The molecule has 6 nitrogen and oxygen atoms in total. The molecule has 0 bridgehead atoms. The monoisotopic (exact) mass is 405 g/mol. The van der Waals surface area contributed by atoms with Crippen molar-refractivity contribution in [3.63, 3.8) is 0 Å². The van der Waals surface area contributed by atoms with Crippen LogP contribution in [0.15, 0.2) is 60.9 Å². The van der Waals surface area contributed by atoms with Crippen molar-refractivity contribution >= 4 is 34.5 Å². The molecule has 0 spiro atoms. The lowest BCUT2D eigenvalue weighted by molar-refractivity contribution is -0.116. The van der Waals surface area contributed by atoms with E-state index in [-0.39, 0.29) is 12.5 Å². The number of halogens is 1. The zero-order chi connectivity index (χ0) is 19.8. The summed E-state index contributed by atoms with van der Waals surface area (Å²) in [5.74, 6) is 1.84. The van der Waals surface area contributed by atoms with Gasteiger partial charge in [0.15, 0.2) is 0 Å². The van der Waals surface area contributed by atoms with Crippen molar-refractivity contribution in [3.8, 4) is 0 Å². The van der Waals surface area contributed by atoms with Gasteiger partial charge < -0.3 is 9.13 Å². The maximum atomic E-state index is 12.8. The van der Waals surface area contributed by atoms with E-state index >= 15 is 0 Å². The van der Waals surface area contributed by atoms with Gasteiger partial charge in [0, 0.05) is 23.3 Å². The predicted octanol–water partition coefficient (Wildman–Crippen LogP) is 4.45. The van der Waals surface area contributed by atoms with Crippen LogP contribution < -0.4 is 5.32 Å². The number of rotatable bonds is 6. The Morgan fingerprint density at radius 1 is 1.14 bits per heavy atom. The van der Waals surface area contributed by atoms with Gasteiger partial charge in [-0.25, -0.2) is 9.97 Å². The van der Waals surface area contributed by atoms with Crippen LogP contribution >= 0.6 is 11.6 Å². The second kappa shape index (κ2) is 7.37. The first kappa shape index (κ1) is 17.9. The van der Waals surface area contributed by atoms with Crippen LogP contribution in [0.4, 0.5) is 5.95 Å². The van der Waals surface area contributed by atoms with E-state index in [1.807, 2.05) is 63.9 Å². The Morgan fingerprint density at radius 2 is 1.93 bits per heavy atom. The standard InChI is InChI=1S/C22H20ClN5O/c23-17-6-2-1-5-16(17)13-27-12-11-24-22(27)26-20(29)14-28-19-8-4-3-7-18(19)25-21(28)15-9-10-15/h1-8,11-12,15H,9-10,13-14H2,(H,24,26,29). The second-order valence-electron chi connectivity index (χ2n) is 7.34. The van der Waals surface area contributed by atoms with Crippen LogP contribution in [0, 0.1) is 0 Å². The fourth-order valence-electron chi connectivity index (χ4n) is 3.59. The highest BCUT2D eigenvalue weighted by Gasteiger charge is 2.30. The van der Waals surface area contributed by atoms with E-state index in [4.69, 9.17) is 16.6 Å². The maximum absolute atomic E-state index is 12.8. The highest BCUT2D eigenvalue weighted by Crippen LogP contribution is 2.40. The summed E-state index contributed by atoms with van der Waals surface area (Å²) in [7, 11) is 0. The first-order valence-electron chi connectivity index (χ1n) is 9.68. The van der Waals surface area contributed by atoms with Crippen LogP contribution in [0.3, 0.4) is 0 Å². The highest BCUT2D eigenvalue weighted by molar-refractivity contribution is 6.31. The maximum Gasteiger partial charge on any atom is 0.246 e. The predicted molar refractivity (Wildman–Crippen MR) is 113 cm³/mol. The van der Waals surface area contributed by atoms with E-state index in [1.165, 1.54) is 0 Å². The van der Waals surface area contributed by atoms with Crippen molar-refractivity contribution in [2.45, 2.75) is 31.8 Å². The third-order valence-electron chi connectivity index (χ3n) is 5.19. The van der Waals surface area contributed by atoms with E-state index in [2.05, 4.69) is 10.3 Å². The van der Waals surface area contributed by atoms with Gasteiger partial charge in [0.2, 0.25) is 11.9 Å². The third-order valence-corrected chi connectivity index (χ3v) is 5.56. The average molecular weight is 406 g/mol. The number of para-hydroxylation sites is 2. The minimum absolute atomic E-state index is 0.123. The molecular formula is C22H20ClN5O. The number of hydrogen-bond donors (Lipinski definition) is 1. The Bertz CT molecular complexity index is 1190. The topological polar surface area (TPSA) is 64.7 Å². The molecule has 0 radical (unpaired) electrons. The lowest BCUT2D eigenvalue weighted by Crippen LogP contribution is -2.22. The quantitative estimate of drug-likeness (QED) is 0.515. The summed E-state index contributed by atoms with van der Waals surface area (Å²) in [6, 6.07) is 15.6. The molecule has 1 amide bonds. The molecule has 2 heterocycles. The number of amides is 1. The number of imidazole rings is 2. The van der Waals surface area contributed by atoms with E-state index in [1.54, 1.807) is 6.20 Å². The molecule has 29 heavy (non-hydrogen) atoms. The number of fused-ring (bicyclic) bond motifs is 1. The number of carbonyl (C=O) groups is 1. The number of nitrogens with zero attached hydrogens (tertiary/aromatic N) is 4. The van der Waals surface area contributed by atoms with Gasteiger partial charge in [0.1, 0.15) is 12.4 Å². The van der Waals surface area contributed by atoms with Gasteiger partial charge in [-0.3, -0.25) is 10.1 Å². The van der Waals surface area contributed by atoms with Crippen LogP contribution in [-0.2, 0) is 17.9 Å². The molecule has 1 fully saturated rings. The summed E-state index contributed by atoms with van der Waals surface area (Å²) in [5, 5.41) is 3.63. The number of benzene rings is 2. The molecule has 0 saturated heterocycles. The van der Waals surface area contributed by atoms with Crippen LogP contribution in [0.1, 0.15) is 30.1 Å². The lowest BCUT2D eigenvalue weighted by atomic mass is 10.2. The molecule has 1 saturated carbocycles. The number of hydrogen-bond acceptors (Lipinski definition) is 3. The fourth-order valence-corrected chi connectivity index (χ4v) is 3.79. The Hall–Kier alpha value is -3.12. The third kappa shape index (κ3) is 3.63. The first-order chi connectivity index (χ1) is 14.2. The van der Waals surface area contributed by atoms with Crippen molar-refractivity contribution in [3.05, 3.63) is 77.3 Å². The molecule has 4 aromatic rings. The van der Waals surface area contributed by atoms with Gasteiger partial charge in [-0.1, -0.05) is 41.9 Å². The minimum atomic E-state index is -0.123. The molecule has 5 rings (SSSR count). The summed E-state index contributed by atoms with van der Waals surface area (Å²) in [5.41, 5.74) is 2.89. The Morgan fingerprint density at radius 3 is 2.76 bits per heavy atom. The molecule has 0 unspecified atom stereocenters. The summed E-state index contributed by atoms with van der Waals surface area (Å²) in [6.45, 7) is 0.752. The van der Waals surface area contributed by atoms with Crippen molar-refractivity contribution in [1.82, 2.24) is 19.1 Å². The first-order valence-corrected chi connectivity index (χ1v) is 10.1. The van der Waals surface area contributed by atoms with Crippen molar-refractivity contribution in [1.29, 1.82) is 0 Å². The fraction of sp³-hybridized carbons (Fsp3) is 0.227. The van der Waals surface area contributed by atoms with E-state index < -0.39 is 0 Å². The van der Waals surface area contributed by atoms with E-state index in [9.17, 15) is 4.79 Å². The van der Waals surface area contributed by atoms with Gasteiger partial charge in [-0.2, -0.15) is 0 Å². The van der Waals surface area contributed by atoms with Crippen LogP contribution in [0.5, 0.6) is 0 Å². The molecule has 1 aliphatic rings. The largest absolute Gasteiger partial charge is 0.318 e. The smallest absolute Gasteiger partial charge is 0.246 e. The van der Waals surface area contributed by atoms with Crippen molar-refractivity contribution < 1.29 is 4.79 Å². The summed E-state index contributed by atoms with van der Waals surface area (Å²) < 4.78 is 3.91. The molecule has 2 aromatic carbocycles. The molecule has 0 atom stereocenters. The molecule has 2 aromatic heterocycles. The van der Waals surface area contributed by atoms with E-state index in [0.717, 1.165) is 35.3 Å². The zero-order valence-electron chi connectivity index (χ0n) is 15.8. The van der Waals surface area contributed by atoms with Crippen molar-refractivity contribution in [2.24, 2.45) is 0 Å². The number of carbonyl (C=O) groups excluding carboxylic acids is 1. The molecule has 7 heteroatoms. The van der Waals surface area contributed by atoms with Crippen LogP contribution in [0.2, 0.25) is 5.02 Å². The normalized spacial score (nSPS) is 13.7. The number of nitrogens with one attached hydrogen (secondary N) is 1. The van der Waals surface area contributed by atoms with Crippen LogP contribution in [-0.4, -0.2) is 25.0 Å². The van der Waals surface area contributed by atoms with Gasteiger partial charge in [-0.05, 0) is 36.6 Å². The molecule has 1 aliphatic carbocycles. The van der Waals surface area contributed by atoms with Gasteiger partial charge in [0.05, 0.1) is 17.6 Å². The molecular weight excluding hydrogens is 386 g/mol. The van der Waals surface area contributed by atoms with Crippen LogP contribution in [0.25, 0.3) is 11.0 Å². The van der Waals surface area contributed by atoms with Crippen molar-refractivity contribution in [2.75, 3.05) is 5.32 Å². The summed E-state index contributed by atoms with van der Waals surface area (Å²) in [6.07, 6.45) is 5.77. The highest BCUT2D eigenvalue weighted by atomic mass is 35.5. The number of aromatic nitrogens is 4. The minimum Gasteiger partial charge on any atom is -0.318 e. The van der Waals surface area contributed by atoms with Gasteiger partial charge in [-0.15, -0.1) is 0 Å². The van der Waals surface area contributed by atoms with E-state index in [0.29, 0.717) is 23.4 Å². The Labute approximate surface area is 173 Å². The molecule has 146 valence electrons. The van der Waals surface area contributed by atoms with Gasteiger partial charge >= 0.3 is 0 Å². The Kier molecular flexibility index (Phi) is 4.56. The average Bonchev–Trinajstić information content (AvgIpc) is 3.38. The molecule has 1 N–H and O–H groups in total. The summed E-state index contributed by atoms with van der Waals surface area (Å²) in [4.78, 5) is 21.9. The Balaban J connectivity index is 1.36. The van der Waals surface area contributed by atoms with Gasteiger partial charge in [0.25, 0.3) is 0 Å². The SMILES string of the molecule is O=C(Cn1c(C2CC2)nc2ccccc21)Nc1nccn1Cc1ccccc1Cl.